The van der Waals surface area contributed by atoms with Crippen LogP contribution in [0.25, 0.3) is 0 Å². The highest BCUT2D eigenvalue weighted by atomic mass is 35.5. The fourth-order valence-electron chi connectivity index (χ4n) is 3.81. The maximum Gasteiger partial charge on any atom is 0.253 e. The van der Waals surface area contributed by atoms with E-state index in [2.05, 4.69) is 6.92 Å². The highest BCUT2D eigenvalue weighted by Crippen LogP contribution is 2.20. The molecule has 2 aromatic carbocycles. The number of benzene rings is 2. The molecule has 0 spiro atoms. The molecule has 1 saturated heterocycles. The Labute approximate surface area is 179 Å². The fourth-order valence-corrected chi connectivity index (χ4v) is 3.81. The molecular formula is C23H30ClN3O2. The molecule has 0 aromatic heterocycles. The van der Waals surface area contributed by atoms with Crippen molar-refractivity contribution in [3.63, 3.8) is 0 Å². The fraction of sp³-hybridized carbons (Fsp3) is 0.391. The summed E-state index contributed by atoms with van der Waals surface area (Å²) in [5.41, 5.74) is 8.15. The minimum absolute atomic E-state index is 0. The van der Waals surface area contributed by atoms with Crippen LogP contribution in [0.5, 0.6) is 0 Å². The summed E-state index contributed by atoms with van der Waals surface area (Å²) in [6.45, 7) is 4.23. The Morgan fingerprint density at radius 1 is 1.03 bits per heavy atom. The van der Waals surface area contributed by atoms with Crippen LogP contribution in [0.4, 0.5) is 5.69 Å². The molecule has 6 heteroatoms. The number of nitrogen functional groups attached to an aromatic ring is 1. The van der Waals surface area contributed by atoms with Crippen molar-refractivity contribution in [2.75, 3.05) is 25.4 Å². The summed E-state index contributed by atoms with van der Waals surface area (Å²) in [7, 11) is 0. The van der Waals surface area contributed by atoms with Gasteiger partial charge < -0.3 is 15.5 Å². The van der Waals surface area contributed by atoms with E-state index < -0.39 is 0 Å². The summed E-state index contributed by atoms with van der Waals surface area (Å²) >= 11 is 0. The number of piperidine rings is 1. The Balaban J connectivity index is 0.00000300. The summed E-state index contributed by atoms with van der Waals surface area (Å²) in [6, 6.07) is 17.1. The molecule has 0 unspecified atom stereocenters. The predicted molar refractivity (Wildman–Crippen MR) is 119 cm³/mol. The molecule has 3 rings (SSSR count). The Morgan fingerprint density at radius 3 is 2.24 bits per heavy atom. The normalized spacial score (nSPS) is 14.2. The van der Waals surface area contributed by atoms with E-state index in [1.807, 2.05) is 64.4 Å². The molecule has 0 bridgehead atoms. The molecule has 5 nitrogen and oxygen atoms in total. The molecular weight excluding hydrogens is 386 g/mol. The molecule has 29 heavy (non-hydrogen) atoms. The number of likely N-dealkylation sites (tertiary alicyclic amines) is 1. The number of carbonyl (C=O) groups excluding carboxylic acids is 2. The number of nitrogens with zero attached hydrogens (tertiary/aromatic N) is 2. The Bertz CT molecular complexity index is 788. The number of amides is 2. The molecule has 0 aliphatic carbocycles. The molecule has 156 valence electrons. The van der Waals surface area contributed by atoms with Crippen LogP contribution in [0.1, 0.15) is 42.1 Å². The van der Waals surface area contributed by atoms with E-state index in [9.17, 15) is 9.59 Å². The van der Waals surface area contributed by atoms with Crippen molar-refractivity contribution < 1.29 is 9.59 Å². The van der Waals surface area contributed by atoms with E-state index in [4.69, 9.17) is 5.73 Å². The zero-order valence-electron chi connectivity index (χ0n) is 16.9. The van der Waals surface area contributed by atoms with Gasteiger partial charge in [0.25, 0.3) is 5.91 Å². The molecule has 0 saturated carbocycles. The second kappa shape index (κ2) is 10.9. The first-order valence-electron chi connectivity index (χ1n) is 10.1. The van der Waals surface area contributed by atoms with Crippen LogP contribution in [-0.4, -0.2) is 47.3 Å². The van der Waals surface area contributed by atoms with Crippen LogP contribution in [0, 0.1) is 0 Å². The van der Waals surface area contributed by atoms with Gasteiger partial charge in [-0.1, -0.05) is 37.3 Å². The molecule has 2 aromatic rings. The van der Waals surface area contributed by atoms with Crippen LogP contribution in [0.3, 0.4) is 0 Å². The van der Waals surface area contributed by atoms with Crippen molar-refractivity contribution in [1.29, 1.82) is 0 Å². The van der Waals surface area contributed by atoms with Gasteiger partial charge in [0.05, 0.1) is 6.42 Å². The van der Waals surface area contributed by atoms with Crippen molar-refractivity contribution in [2.45, 2.75) is 38.6 Å². The lowest BCUT2D eigenvalue weighted by atomic mass is 10.0. The minimum atomic E-state index is 0. The van der Waals surface area contributed by atoms with Crippen molar-refractivity contribution in [3.05, 3.63) is 65.7 Å². The van der Waals surface area contributed by atoms with Gasteiger partial charge in [-0.15, -0.1) is 12.4 Å². The lowest BCUT2D eigenvalue weighted by Crippen LogP contribution is -2.49. The summed E-state index contributed by atoms with van der Waals surface area (Å²) < 4.78 is 0. The number of anilines is 1. The molecule has 1 aliphatic rings. The Morgan fingerprint density at radius 2 is 1.66 bits per heavy atom. The monoisotopic (exact) mass is 415 g/mol. The number of hydrogen-bond donors (Lipinski definition) is 1. The van der Waals surface area contributed by atoms with Gasteiger partial charge in [-0.2, -0.15) is 0 Å². The van der Waals surface area contributed by atoms with Gasteiger partial charge in [-0.25, -0.2) is 0 Å². The number of carbonyl (C=O) groups is 2. The second-order valence-corrected chi connectivity index (χ2v) is 7.39. The maximum atomic E-state index is 12.9. The van der Waals surface area contributed by atoms with Gasteiger partial charge in [0.2, 0.25) is 5.91 Å². The van der Waals surface area contributed by atoms with E-state index in [0.717, 1.165) is 36.9 Å². The minimum Gasteiger partial charge on any atom is -0.399 e. The summed E-state index contributed by atoms with van der Waals surface area (Å²) in [5, 5.41) is 0. The number of hydrogen-bond acceptors (Lipinski definition) is 3. The number of nitrogens with two attached hydrogens (primary N) is 1. The SMILES string of the molecule is CCCN(C(=O)Cc1ccc(N)cc1)C1CCN(C(=O)c2ccccc2)CC1.Cl. The number of halogens is 1. The van der Waals surface area contributed by atoms with Gasteiger partial charge >= 0.3 is 0 Å². The average Bonchev–Trinajstić information content (AvgIpc) is 2.74. The molecule has 1 aliphatic heterocycles. The van der Waals surface area contributed by atoms with Crippen LogP contribution in [-0.2, 0) is 11.2 Å². The molecule has 1 heterocycles. The standard InChI is InChI=1S/C23H29N3O2.ClH/c1-2-14-26(22(27)17-18-8-10-20(24)11-9-18)21-12-15-25(16-13-21)23(28)19-6-4-3-5-7-19;/h3-11,21H,2,12-17,24H2,1H3;1H. The van der Waals surface area contributed by atoms with E-state index in [1.54, 1.807) is 0 Å². The zero-order valence-corrected chi connectivity index (χ0v) is 17.7. The smallest absolute Gasteiger partial charge is 0.253 e. The molecule has 2 N–H and O–H groups in total. The van der Waals surface area contributed by atoms with E-state index >= 15 is 0 Å². The lowest BCUT2D eigenvalue weighted by Gasteiger charge is -2.38. The predicted octanol–water partition coefficient (Wildman–Crippen LogP) is 3.78. The molecule has 0 atom stereocenters. The van der Waals surface area contributed by atoms with Crippen LogP contribution in [0.15, 0.2) is 54.6 Å². The molecule has 0 radical (unpaired) electrons. The zero-order chi connectivity index (χ0) is 19.9. The van der Waals surface area contributed by atoms with E-state index in [0.29, 0.717) is 25.2 Å². The van der Waals surface area contributed by atoms with Crippen molar-refractivity contribution in [1.82, 2.24) is 9.80 Å². The first-order chi connectivity index (χ1) is 13.6. The lowest BCUT2D eigenvalue weighted by molar-refractivity contribution is -0.133. The van der Waals surface area contributed by atoms with Gasteiger partial charge in [0.15, 0.2) is 0 Å². The first-order valence-corrected chi connectivity index (χ1v) is 10.1. The van der Waals surface area contributed by atoms with E-state index in [1.165, 1.54) is 0 Å². The molecule has 1 fully saturated rings. The molecule has 2 amide bonds. The number of rotatable bonds is 6. The highest BCUT2D eigenvalue weighted by Gasteiger charge is 2.29. The summed E-state index contributed by atoms with van der Waals surface area (Å²) in [6.07, 6.45) is 2.97. The van der Waals surface area contributed by atoms with Gasteiger partial charge in [0.1, 0.15) is 0 Å². The van der Waals surface area contributed by atoms with Gasteiger partial charge in [0, 0.05) is 36.9 Å². The van der Waals surface area contributed by atoms with Gasteiger partial charge in [-0.05, 0) is 49.1 Å². The maximum absolute atomic E-state index is 12.9. The van der Waals surface area contributed by atoms with Crippen LogP contribution >= 0.6 is 12.4 Å². The van der Waals surface area contributed by atoms with Crippen LogP contribution < -0.4 is 5.73 Å². The third kappa shape index (κ3) is 5.97. The average molecular weight is 416 g/mol. The summed E-state index contributed by atoms with van der Waals surface area (Å²) in [4.78, 5) is 29.5. The Hall–Kier alpha value is -2.53. The topological polar surface area (TPSA) is 66.6 Å². The van der Waals surface area contributed by atoms with Crippen molar-refractivity contribution in [2.24, 2.45) is 0 Å². The quantitative estimate of drug-likeness (QED) is 0.730. The van der Waals surface area contributed by atoms with Crippen molar-refractivity contribution >= 4 is 29.9 Å². The highest BCUT2D eigenvalue weighted by molar-refractivity contribution is 5.94. The first kappa shape index (κ1) is 22.8. The van der Waals surface area contributed by atoms with Crippen molar-refractivity contribution in [3.8, 4) is 0 Å². The van der Waals surface area contributed by atoms with Crippen LogP contribution in [0.2, 0.25) is 0 Å². The van der Waals surface area contributed by atoms with Gasteiger partial charge in [-0.3, -0.25) is 9.59 Å². The second-order valence-electron chi connectivity index (χ2n) is 7.39. The largest absolute Gasteiger partial charge is 0.399 e. The third-order valence-electron chi connectivity index (χ3n) is 5.33. The van der Waals surface area contributed by atoms with E-state index in [-0.39, 0.29) is 30.3 Å². The third-order valence-corrected chi connectivity index (χ3v) is 5.33. The summed E-state index contributed by atoms with van der Waals surface area (Å²) in [5.74, 6) is 0.230. The Kier molecular flexibility index (Phi) is 8.52.